The second-order valence-electron chi connectivity index (χ2n) is 11.0. The van der Waals surface area contributed by atoms with Gasteiger partial charge < -0.3 is 24.2 Å². The van der Waals surface area contributed by atoms with Gasteiger partial charge in [-0.2, -0.15) is 0 Å². The Morgan fingerprint density at radius 3 is 2.47 bits per heavy atom. The van der Waals surface area contributed by atoms with E-state index in [-0.39, 0.29) is 36.1 Å². The highest BCUT2D eigenvalue weighted by Crippen LogP contribution is 2.48. The number of aliphatic hydroxyl groups excluding tert-OH is 1. The third kappa shape index (κ3) is 6.03. The molecule has 10 heteroatoms. The number of hydrogen-bond acceptors (Lipinski definition) is 8. The number of aliphatic hydroxyl groups is 1. The van der Waals surface area contributed by atoms with Crippen LogP contribution in [0.5, 0.6) is 11.5 Å². The van der Waals surface area contributed by atoms with E-state index in [2.05, 4.69) is 0 Å². The zero-order valence-electron chi connectivity index (χ0n) is 24.8. The summed E-state index contributed by atoms with van der Waals surface area (Å²) in [5.41, 5.74) is 1.50. The average Bonchev–Trinajstić information content (AvgIpc) is 3.45. The minimum Gasteiger partial charge on any atom is -0.497 e. The van der Waals surface area contributed by atoms with Gasteiger partial charge in [-0.3, -0.25) is 4.79 Å². The quantitative estimate of drug-likeness (QED) is 0.239. The Labute approximate surface area is 262 Å². The number of amides is 1. The molecule has 6 rings (SSSR count). The van der Waals surface area contributed by atoms with Gasteiger partial charge in [-0.05, 0) is 65.7 Å². The normalized spacial score (nSPS) is 19.2. The largest absolute Gasteiger partial charge is 0.497 e. The van der Waals surface area contributed by atoms with Crippen LogP contribution in [0.4, 0.5) is 5.69 Å². The highest BCUT2D eigenvalue weighted by Gasteiger charge is 2.57. The van der Waals surface area contributed by atoms with Crippen LogP contribution in [0.15, 0.2) is 113 Å². The Kier molecular flexibility index (Phi) is 8.60. The van der Waals surface area contributed by atoms with Crippen LogP contribution in [0.1, 0.15) is 29.2 Å². The number of nitrogens with zero attached hydrogens (tertiary/aromatic N) is 2. The first kappa shape index (κ1) is 30.4. The number of fused-ring (bicyclic) bond motifs is 1. The molecule has 0 aromatic heterocycles. The van der Waals surface area contributed by atoms with E-state index in [9.17, 15) is 13.2 Å². The number of carbonyl (C=O) groups excluding carboxylic acids is 1. The van der Waals surface area contributed by atoms with Crippen molar-refractivity contribution in [2.45, 2.75) is 29.4 Å². The number of ether oxygens (including phenoxy) is 3. The smallest absolute Gasteiger partial charge is 0.259 e. The Balaban J connectivity index is 1.40. The number of carbonyl (C=O) groups is 1. The maximum Gasteiger partial charge on any atom is 0.259 e. The van der Waals surface area contributed by atoms with Gasteiger partial charge in [0.05, 0.1) is 24.4 Å². The molecule has 0 saturated heterocycles. The summed E-state index contributed by atoms with van der Waals surface area (Å²) in [6, 6.07) is 30.4. The zero-order valence-corrected chi connectivity index (χ0v) is 25.7. The van der Waals surface area contributed by atoms with Gasteiger partial charge in [0.25, 0.3) is 5.91 Å². The van der Waals surface area contributed by atoms with Crippen LogP contribution < -0.4 is 14.4 Å². The number of para-hydroxylation sites is 1. The third-order valence-corrected chi connectivity index (χ3v) is 9.79. The Bertz CT molecular complexity index is 1810. The van der Waals surface area contributed by atoms with Crippen LogP contribution in [0.25, 0.3) is 0 Å². The third-order valence-electron chi connectivity index (χ3n) is 8.08. The number of benzene rings is 4. The van der Waals surface area contributed by atoms with Crippen LogP contribution in [0, 0.1) is 0 Å². The number of sulfone groups is 1. The first-order valence-corrected chi connectivity index (χ1v) is 16.4. The van der Waals surface area contributed by atoms with E-state index in [0.717, 1.165) is 5.56 Å². The topological polar surface area (TPSA) is 115 Å². The predicted octanol–water partition coefficient (Wildman–Crippen LogP) is 4.78. The number of aliphatic imine (C=N–C) groups is 1. The molecule has 2 aliphatic rings. The summed E-state index contributed by atoms with van der Waals surface area (Å²) < 4.78 is 44.3. The van der Waals surface area contributed by atoms with Crippen molar-refractivity contribution < 1.29 is 32.5 Å². The van der Waals surface area contributed by atoms with E-state index in [1.807, 2.05) is 60.7 Å². The first-order valence-electron chi connectivity index (χ1n) is 14.8. The Hall–Kier alpha value is -4.67. The van der Waals surface area contributed by atoms with Crippen molar-refractivity contribution in [1.82, 2.24) is 0 Å². The van der Waals surface area contributed by atoms with E-state index in [4.69, 9.17) is 24.3 Å². The summed E-state index contributed by atoms with van der Waals surface area (Å²) in [6.45, 7) is 0.380. The average molecular weight is 627 g/mol. The molecule has 2 aliphatic heterocycles. The van der Waals surface area contributed by atoms with Gasteiger partial charge >= 0.3 is 0 Å². The molecule has 0 fully saturated rings. The van der Waals surface area contributed by atoms with Crippen molar-refractivity contribution in [3.05, 3.63) is 120 Å². The van der Waals surface area contributed by atoms with Crippen LogP contribution in [-0.2, 0) is 25.8 Å². The summed E-state index contributed by atoms with van der Waals surface area (Å²) in [5, 5.41) is 9.05. The lowest BCUT2D eigenvalue weighted by Gasteiger charge is -2.40. The van der Waals surface area contributed by atoms with E-state index >= 15 is 0 Å². The monoisotopic (exact) mass is 626 g/mol. The summed E-state index contributed by atoms with van der Waals surface area (Å²) in [5.74, 6) is 0.953. The van der Waals surface area contributed by atoms with E-state index in [1.165, 1.54) is 0 Å². The predicted molar refractivity (Wildman–Crippen MR) is 171 cm³/mol. The van der Waals surface area contributed by atoms with Crippen molar-refractivity contribution in [2.24, 2.45) is 4.99 Å². The fourth-order valence-corrected chi connectivity index (χ4v) is 7.04. The van der Waals surface area contributed by atoms with Crippen LogP contribution >= 0.6 is 0 Å². The lowest BCUT2D eigenvalue weighted by Crippen LogP contribution is -2.56. The summed E-state index contributed by atoms with van der Waals surface area (Å²) in [7, 11) is -2.09. The molecule has 2 heterocycles. The molecule has 232 valence electrons. The number of methoxy groups -OCH3 is 1. The van der Waals surface area contributed by atoms with Gasteiger partial charge in [0.15, 0.2) is 21.5 Å². The van der Waals surface area contributed by atoms with Crippen molar-refractivity contribution >= 4 is 27.3 Å². The van der Waals surface area contributed by atoms with Gasteiger partial charge in [-0.15, -0.1) is 0 Å². The molecule has 0 saturated carbocycles. The van der Waals surface area contributed by atoms with E-state index in [1.54, 1.807) is 54.5 Å². The van der Waals surface area contributed by atoms with Gasteiger partial charge in [0.2, 0.25) is 5.90 Å². The number of hydrogen-bond donors (Lipinski definition) is 1. The number of anilines is 1. The molecule has 0 bridgehead atoms. The second kappa shape index (κ2) is 12.7. The molecule has 4 aromatic rings. The molecule has 1 N–H and O–H groups in total. The van der Waals surface area contributed by atoms with E-state index < -0.39 is 21.5 Å². The molecule has 9 nitrogen and oxygen atoms in total. The van der Waals surface area contributed by atoms with Crippen molar-refractivity contribution in [3.63, 3.8) is 0 Å². The minimum atomic E-state index is -3.67. The second-order valence-corrected chi connectivity index (χ2v) is 13.1. The Morgan fingerprint density at radius 2 is 1.71 bits per heavy atom. The zero-order chi connectivity index (χ0) is 31.4. The fourth-order valence-electron chi connectivity index (χ4n) is 5.81. The molecule has 1 amide bonds. The molecular formula is C35H34N2O7S. The summed E-state index contributed by atoms with van der Waals surface area (Å²) in [6.07, 6.45) is -0.0237. The maximum absolute atomic E-state index is 14.8. The van der Waals surface area contributed by atoms with E-state index in [0.29, 0.717) is 47.2 Å². The molecule has 2 atom stereocenters. The van der Waals surface area contributed by atoms with Crippen LogP contribution in [0.2, 0.25) is 0 Å². The molecule has 4 aromatic carbocycles. The molecule has 1 spiro atoms. The Morgan fingerprint density at radius 1 is 0.956 bits per heavy atom. The van der Waals surface area contributed by atoms with Gasteiger partial charge in [0.1, 0.15) is 11.5 Å². The highest BCUT2D eigenvalue weighted by molar-refractivity contribution is 7.91. The summed E-state index contributed by atoms with van der Waals surface area (Å²) in [4.78, 5) is 21.5. The van der Waals surface area contributed by atoms with Crippen molar-refractivity contribution in [1.29, 1.82) is 0 Å². The lowest BCUT2D eigenvalue weighted by atomic mass is 9.78. The minimum absolute atomic E-state index is 0.0445. The van der Waals surface area contributed by atoms with Gasteiger partial charge in [-0.25, -0.2) is 13.4 Å². The van der Waals surface area contributed by atoms with Crippen LogP contribution in [0.3, 0.4) is 0 Å². The van der Waals surface area contributed by atoms with Crippen molar-refractivity contribution in [3.8, 4) is 11.5 Å². The standard InChI is InChI=1S/C35H34N2O7S/c1-42-29-11-7-10-26(23-29)32-35(36-33(44-32)25-15-17-28(18-16-25)43-21-8-20-38)24-27-9-5-6-14-31(27)37(34(35)39)19-22-45(40,41)30-12-3-2-4-13-30/h2-7,9-18,23,32,38H,8,19-22,24H2,1H3/t32-,35-/m1/s1. The summed E-state index contributed by atoms with van der Waals surface area (Å²) >= 11 is 0. The maximum atomic E-state index is 14.8. The fraction of sp³-hybridized carbons (Fsp3) is 0.257. The molecule has 0 radical (unpaired) electrons. The SMILES string of the molecule is COc1cccc([C@H]2OC(c3ccc(OCCCO)cc3)=N[C@]23Cc2ccccc2N(CCS(=O)(=O)c2ccccc2)C3=O)c1. The molecule has 0 unspecified atom stereocenters. The van der Waals surface area contributed by atoms with Crippen LogP contribution in [-0.4, -0.2) is 63.5 Å². The molecular weight excluding hydrogens is 592 g/mol. The molecule has 45 heavy (non-hydrogen) atoms. The lowest BCUT2D eigenvalue weighted by molar-refractivity contribution is -0.126. The number of rotatable bonds is 11. The highest BCUT2D eigenvalue weighted by atomic mass is 32.2. The van der Waals surface area contributed by atoms with Gasteiger partial charge in [0, 0.05) is 37.2 Å². The molecule has 0 aliphatic carbocycles. The van der Waals surface area contributed by atoms with Crippen molar-refractivity contribution in [2.75, 3.05) is 37.5 Å². The van der Waals surface area contributed by atoms with Gasteiger partial charge in [-0.1, -0.05) is 48.5 Å². The first-order chi connectivity index (χ1) is 21.8.